The van der Waals surface area contributed by atoms with Gasteiger partial charge in [0.2, 0.25) is 5.91 Å². The fourth-order valence-electron chi connectivity index (χ4n) is 3.43. The van der Waals surface area contributed by atoms with E-state index in [4.69, 9.17) is 4.74 Å². The summed E-state index contributed by atoms with van der Waals surface area (Å²) in [4.78, 5) is 13.5. The summed E-state index contributed by atoms with van der Waals surface area (Å²) in [7, 11) is -3.70. The molecule has 34 heavy (non-hydrogen) atoms. The molecule has 1 aromatic heterocycles. The Balaban J connectivity index is 1.33. The van der Waals surface area contributed by atoms with E-state index in [0.717, 1.165) is 22.6 Å². The molecule has 0 spiro atoms. The highest BCUT2D eigenvalue weighted by Gasteiger charge is 2.43. The number of halogens is 3. The Hall–Kier alpha value is -2.89. The third-order valence-corrected chi connectivity index (χ3v) is 8.72. The molecule has 180 valence electrons. The molecule has 0 bridgehead atoms. The van der Waals surface area contributed by atoms with Crippen molar-refractivity contribution in [2.24, 2.45) is 0 Å². The molecule has 2 heterocycles. The summed E-state index contributed by atoms with van der Waals surface area (Å²) < 4.78 is 71.0. The molecule has 1 N–H and O–H groups in total. The molecule has 0 radical (unpaired) electrons. The van der Waals surface area contributed by atoms with E-state index >= 15 is 0 Å². The molecule has 0 aliphatic carbocycles. The molecule has 1 aliphatic rings. The lowest BCUT2D eigenvalue weighted by Gasteiger charge is -2.37. The van der Waals surface area contributed by atoms with Gasteiger partial charge in [0.25, 0.3) is 10.0 Å². The molecule has 6 nitrogen and oxygen atoms in total. The Morgan fingerprint density at radius 2 is 1.85 bits per heavy atom. The first-order chi connectivity index (χ1) is 16.0. The minimum Gasteiger partial charge on any atom is -0.457 e. The summed E-state index contributed by atoms with van der Waals surface area (Å²) in [6.45, 7) is 2.28. The summed E-state index contributed by atoms with van der Waals surface area (Å²) in [5.74, 6) is 0.0207. The lowest BCUT2D eigenvalue weighted by Crippen LogP contribution is -2.57. The number of benzene rings is 2. The van der Waals surface area contributed by atoms with Gasteiger partial charge in [0.15, 0.2) is 0 Å². The molecule has 11 heteroatoms. The van der Waals surface area contributed by atoms with Crippen LogP contribution in [-0.2, 0) is 27.5 Å². The Morgan fingerprint density at radius 3 is 2.44 bits per heavy atom. The largest absolute Gasteiger partial charge is 0.457 e. The van der Waals surface area contributed by atoms with Gasteiger partial charge in [-0.3, -0.25) is 4.79 Å². The maximum atomic E-state index is 12.8. The highest BCUT2D eigenvalue weighted by Crippen LogP contribution is 2.33. The minimum atomic E-state index is -4.46. The number of thiophene rings is 1. The van der Waals surface area contributed by atoms with Crippen molar-refractivity contribution in [3.8, 4) is 11.5 Å². The second-order valence-corrected chi connectivity index (χ2v) is 11.2. The number of nitrogens with zero attached hydrogens (tertiary/aromatic N) is 1. The van der Waals surface area contributed by atoms with Crippen LogP contribution in [0, 0.1) is 6.92 Å². The van der Waals surface area contributed by atoms with Crippen LogP contribution in [0.5, 0.6) is 11.5 Å². The van der Waals surface area contributed by atoms with E-state index < -0.39 is 27.8 Å². The van der Waals surface area contributed by atoms with Crippen LogP contribution in [-0.4, -0.2) is 31.2 Å². The second kappa shape index (κ2) is 9.40. The highest BCUT2D eigenvalue weighted by atomic mass is 32.2. The molecular weight excluding hydrogens is 489 g/mol. The molecule has 3 aromatic rings. The predicted molar refractivity (Wildman–Crippen MR) is 121 cm³/mol. The molecule has 2 aromatic carbocycles. The van der Waals surface area contributed by atoms with Crippen molar-refractivity contribution < 1.29 is 31.1 Å². The van der Waals surface area contributed by atoms with Crippen LogP contribution in [0.2, 0.25) is 0 Å². The van der Waals surface area contributed by atoms with Gasteiger partial charge in [-0.2, -0.15) is 17.5 Å². The molecule has 1 unspecified atom stereocenters. The van der Waals surface area contributed by atoms with Crippen LogP contribution in [0.1, 0.15) is 22.4 Å². The molecule has 4 rings (SSSR count). The SMILES string of the molecule is Cc1ccc(S(=O)(=O)N2CCC2C(=O)NCc2ccc(Oc3cccc(C(F)(F)F)c3)cc2)s1. The number of carbonyl (C=O) groups is 1. The first kappa shape index (κ1) is 24.2. The average Bonchev–Trinajstić information content (AvgIpc) is 3.19. The average molecular weight is 511 g/mol. The van der Waals surface area contributed by atoms with E-state index in [-0.39, 0.29) is 22.4 Å². The molecule has 1 atom stereocenters. The van der Waals surface area contributed by atoms with Gasteiger partial charge in [0.1, 0.15) is 21.8 Å². The van der Waals surface area contributed by atoms with E-state index in [9.17, 15) is 26.4 Å². The van der Waals surface area contributed by atoms with Crippen molar-refractivity contribution in [3.63, 3.8) is 0 Å². The Labute approximate surface area is 199 Å². The number of alkyl halides is 3. The van der Waals surface area contributed by atoms with Crippen molar-refractivity contribution in [1.82, 2.24) is 9.62 Å². The third kappa shape index (κ3) is 5.26. The van der Waals surface area contributed by atoms with E-state index in [1.807, 2.05) is 6.92 Å². The van der Waals surface area contributed by atoms with Crippen molar-refractivity contribution in [2.75, 3.05) is 6.54 Å². The van der Waals surface area contributed by atoms with Gasteiger partial charge >= 0.3 is 6.18 Å². The van der Waals surface area contributed by atoms with Crippen LogP contribution >= 0.6 is 11.3 Å². The number of nitrogens with one attached hydrogen (secondary N) is 1. The Kier molecular flexibility index (Phi) is 6.70. The summed E-state index contributed by atoms with van der Waals surface area (Å²) in [6, 6.07) is 13.6. The lowest BCUT2D eigenvalue weighted by atomic mass is 10.1. The zero-order valence-electron chi connectivity index (χ0n) is 18.0. The van der Waals surface area contributed by atoms with Gasteiger partial charge in [-0.25, -0.2) is 8.42 Å². The monoisotopic (exact) mass is 510 g/mol. The van der Waals surface area contributed by atoms with Gasteiger partial charge in [-0.05, 0) is 61.4 Å². The Bertz CT molecular complexity index is 1290. The predicted octanol–water partition coefficient (Wildman–Crippen LogP) is 4.95. The van der Waals surface area contributed by atoms with E-state index in [1.165, 1.54) is 27.8 Å². The maximum absolute atomic E-state index is 12.8. The van der Waals surface area contributed by atoms with E-state index in [2.05, 4.69) is 5.32 Å². The summed E-state index contributed by atoms with van der Waals surface area (Å²) in [6.07, 6.45) is -4.02. The van der Waals surface area contributed by atoms with Crippen molar-refractivity contribution in [3.05, 3.63) is 76.7 Å². The Morgan fingerprint density at radius 1 is 1.12 bits per heavy atom. The highest BCUT2D eigenvalue weighted by molar-refractivity contribution is 7.91. The van der Waals surface area contributed by atoms with Crippen molar-refractivity contribution >= 4 is 27.3 Å². The number of ether oxygens (including phenoxy) is 1. The van der Waals surface area contributed by atoms with Gasteiger partial charge in [-0.1, -0.05) is 18.2 Å². The molecule has 1 amide bonds. The minimum absolute atomic E-state index is 0.0584. The fraction of sp³-hybridized carbons (Fsp3) is 0.261. The standard InChI is InChI=1S/C23H21F3N2O4S2/c1-15-5-10-21(33-15)34(30,31)28-12-11-20(28)22(29)27-14-16-6-8-18(9-7-16)32-19-4-2-3-17(13-19)23(24,25)26/h2-10,13,20H,11-12,14H2,1H3,(H,27,29). The van der Waals surface area contributed by atoms with Gasteiger partial charge < -0.3 is 10.1 Å². The van der Waals surface area contributed by atoms with Crippen molar-refractivity contribution in [1.29, 1.82) is 0 Å². The molecule has 0 saturated carbocycles. The number of amides is 1. The van der Waals surface area contributed by atoms with Crippen LogP contribution in [0.3, 0.4) is 0 Å². The van der Waals surface area contributed by atoms with E-state index in [1.54, 1.807) is 36.4 Å². The molecular formula is C23H21F3N2O4S2. The summed E-state index contributed by atoms with van der Waals surface area (Å²) in [5.41, 5.74) is -0.0713. The number of hydrogen-bond acceptors (Lipinski definition) is 5. The third-order valence-electron chi connectivity index (χ3n) is 5.34. The maximum Gasteiger partial charge on any atom is 0.416 e. The fourth-order valence-corrected chi connectivity index (χ4v) is 6.48. The molecule has 1 fully saturated rings. The topological polar surface area (TPSA) is 75.7 Å². The van der Waals surface area contributed by atoms with Crippen LogP contribution < -0.4 is 10.1 Å². The normalized spacial score (nSPS) is 16.6. The lowest BCUT2D eigenvalue weighted by molar-refractivity contribution is -0.137. The van der Waals surface area contributed by atoms with Crippen LogP contribution in [0.4, 0.5) is 13.2 Å². The quantitative estimate of drug-likeness (QED) is 0.488. The summed E-state index contributed by atoms with van der Waals surface area (Å²) >= 11 is 1.17. The van der Waals surface area contributed by atoms with Gasteiger partial charge in [0.05, 0.1) is 5.56 Å². The number of carbonyl (C=O) groups excluding carboxylic acids is 1. The second-order valence-electron chi connectivity index (χ2n) is 7.77. The number of aryl methyl sites for hydroxylation is 1. The van der Waals surface area contributed by atoms with Crippen LogP contribution in [0.15, 0.2) is 64.9 Å². The van der Waals surface area contributed by atoms with Gasteiger partial charge in [0, 0.05) is 18.0 Å². The first-order valence-electron chi connectivity index (χ1n) is 10.3. The smallest absolute Gasteiger partial charge is 0.416 e. The summed E-state index contributed by atoms with van der Waals surface area (Å²) in [5, 5.41) is 2.75. The molecule has 1 saturated heterocycles. The number of rotatable bonds is 7. The van der Waals surface area contributed by atoms with Crippen LogP contribution in [0.25, 0.3) is 0 Å². The zero-order valence-corrected chi connectivity index (χ0v) is 19.6. The number of sulfonamides is 1. The molecule has 1 aliphatic heterocycles. The zero-order chi connectivity index (χ0) is 24.5. The van der Waals surface area contributed by atoms with Crippen molar-refractivity contribution in [2.45, 2.75) is 36.3 Å². The first-order valence-corrected chi connectivity index (χ1v) is 12.6. The van der Waals surface area contributed by atoms with E-state index in [0.29, 0.717) is 18.7 Å². The van der Waals surface area contributed by atoms with Gasteiger partial charge in [-0.15, -0.1) is 11.3 Å². The number of hydrogen-bond donors (Lipinski definition) is 1.